The van der Waals surface area contributed by atoms with Gasteiger partial charge in [-0.3, -0.25) is 9.59 Å². The summed E-state index contributed by atoms with van der Waals surface area (Å²) in [6, 6.07) is 12.8. The first kappa shape index (κ1) is 22.9. The summed E-state index contributed by atoms with van der Waals surface area (Å²) in [7, 11) is 0. The number of aromatic amines is 1. The van der Waals surface area contributed by atoms with Gasteiger partial charge in [0.2, 0.25) is 11.8 Å². The number of amides is 2. The molecule has 3 heterocycles. The maximum atomic E-state index is 13.6. The van der Waals surface area contributed by atoms with Crippen LogP contribution in [0.4, 0.5) is 4.39 Å². The van der Waals surface area contributed by atoms with Gasteiger partial charge in [-0.1, -0.05) is 12.1 Å². The Morgan fingerprint density at radius 1 is 1.26 bits per heavy atom. The van der Waals surface area contributed by atoms with Gasteiger partial charge >= 0.3 is 0 Å². The maximum Gasteiger partial charge on any atom is 0.223 e. The highest BCUT2D eigenvalue weighted by Gasteiger charge is 2.39. The van der Waals surface area contributed by atoms with Crippen LogP contribution in [0.1, 0.15) is 56.0 Å². The standard InChI is InChI=1S/C26H29FN4O2S/c1-34-19-7-4-17(5-8-19)16-26(12-10-23(32)30-26)13-11-24(33)31-14-2-3-22(31)25-28-20-9-6-18(27)15-21(20)29-25/h4-9,15,22H,2-3,10-14,16H2,1H3,(H,28,29)(H,30,32). The summed E-state index contributed by atoms with van der Waals surface area (Å²) in [5.41, 5.74) is 2.13. The summed E-state index contributed by atoms with van der Waals surface area (Å²) >= 11 is 1.70. The number of carbonyl (C=O) groups excluding carboxylic acids is 2. The summed E-state index contributed by atoms with van der Waals surface area (Å²) in [5, 5.41) is 3.19. The smallest absolute Gasteiger partial charge is 0.223 e. The van der Waals surface area contributed by atoms with E-state index in [-0.39, 0.29) is 29.2 Å². The molecule has 2 saturated heterocycles. The number of hydrogen-bond acceptors (Lipinski definition) is 4. The van der Waals surface area contributed by atoms with E-state index < -0.39 is 0 Å². The number of imidazole rings is 1. The van der Waals surface area contributed by atoms with Gasteiger partial charge in [0, 0.05) is 29.8 Å². The number of likely N-dealkylation sites (tertiary alicyclic amines) is 1. The van der Waals surface area contributed by atoms with Gasteiger partial charge in [0.05, 0.1) is 17.1 Å². The third kappa shape index (κ3) is 4.69. The number of aromatic nitrogens is 2. The SMILES string of the molecule is CSc1ccc(CC2(CCC(=O)N3CCCC3c3nc4ccc(F)cc4[nH]3)CCC(=O)N2)cc1. The Balaban J connectivity index is 1.29. The zero-order valence-corrected chi connectivity index (χ0v) is 20.1. The molecule has 2 atom stereocenters. The highest BCUT2D eigenvalue weighted by Crippen LogP contribution is 2.35. The number of nitrogens with one attached hydrogen (secondary N) is 2. The van der Waals surface area contributed by atoms with Crippen LogP contribution < -0.4 is 5.32 Å². The summed E-state index contributed by atoms with van der Waals surface area (Å²) in [4.78, 5) is 36.4. The Labute approximate surface area is 202 Å². The van der Waals surface area contributed by atoms with Crippen molar-refractivity contribution in [3.05, 3.63) is 59.7 Å². The minimum Gasteiger partial charge on any atom is -0.350 e. The molecule has 3 aromatic rings. The largest absolute Gasteiger partial charge is 0.350 e. The lowest BCUT2D eigenvalue weighted by molar-refractivity contribution is -0.133. The first-order valence-electron chi connectivity index (χ1n) is 11.8. The number of halogens is 1. The molecule has 0 radical (unpaired) electrons. The van der Waals surface area contributed by atoms with Gasteiger partial charge in [-0.05, 0) is 74.3 Å². The van der Waals surface area contributed by atoms with Crippen LogP contribution in [0.2, 0.25) is 0 Å². The monoisotopic (exact) mass is 480 g/mol. The van der Waals surface area contributed by atoms with Crippen LogP contribution in [-0.2, 0) is 16.0 Å². The van der Waals surface area contributed by atoms with Crippen molar-refractivity contribution < 1.29 is 14.0 Å². The molecule has 2 aromatic carbocycles. The molecule has 0 bridgehead atoms. The Morgan fingerprint density at radius 2 is 2.09 bits per heavy atom. The molecule has 8 heteroatoms. The van der Waals surface area contributed by atoms with Gasteiger partial charge in [-0.25, -0.2) is 9.37 Å². The van der Waals surface area contributed by atoms with Gasteiger partial charge in [-0.2, -0.15) is 0 Å². The van der Waals surface area contributed by atoms with E-state index in [2.05, 4.69) is 45.8 Å². The van der Waals surface area contributed by atoms with Crippen molar-refractivity contribution in [3.63, 3.8) is 0 Å². The van der Waals surface area contributed by atoms with Gasteiger partial charge in [0.15, 0.2) is 0 Å². The first-order chi connectivity index (χ1) is 16.4. The Morgan fingerprint density at radius 3 is 2.82 bits per heavy atom. The Bertz CT molecular complexity index is 1210. The molecule has 1 aromatic heterocycles. The second kappa shape index (κ2) is 9.41. The highest BCUT2D eigenvalue weighted by molar-refractivity contribution is 7.98. The zero-order valence-electron chi connectivity index (χ0n) is 19.3. The van der Waals surface area contributed by atoms with E-state index in [1.165, 1.54) is 22.6 Å². The molecule has 2 unspecified atom stereocenters. The maximum absolute atomic E-state index is 13.6. The molecule has 2 amide bonds. The number of benzene rings is 2. The van der Waals surface area contributed by atoms with E-state index >= 15 is 0 Å². The van der Waals surface area contributed by atoms with Gasteiger partial charge in [0.1, 0.15) is 11.6 Å². The molecule has 6 nitrogen and oxygen atoms in total. The number of thioether (sulfide) groups is 1. The first-order valence-corrected chi connectivity index (χ1v) is 13.1. The van der Waals surface area contributed by atoms with E-state index in [1.807, 2.05) is 4.90 Å². The highest BCUT2D eigenvalue weighted by atomic mass is 32.2. The second-order valence-corrected chi connectivity index (χ2v) is 10.3. The molecule has 178 valence electrons. The summed E-state index contributed by atoms with van der Waals surface area (Å²) in [6.45, 7) is 0.685. The number of fused-ring (bicyclic) bond motifs is 1. The van der Waals surface area contributed by atoms with E-state index in [4.69, 9.17) is 0 Å². The Kier molecular flexibility index (Phi) is 6.34. The second-order valence-electron chi connectivity index (χ2n) is 9.38. The van der Waals surface area contributed by atoms with Crippen LogP contribution in [0.15, 0.2) is 47.4 Å². The number of H-pyrrole nitrogens is 1. The topological polar surface area (TPSA) is 78.1 Å². The summed E-state index contributed by atoms with van der Waals surface area (Å²) in [6.07, 6.45) is 6.73. The lowest BCUT2D eigenvalue weighted by Gasteiger charge is -2.31. The van der Waals surface area contributed by atoms with Crippen molar-refractivity contribution in [2.75, 3.05) is 12.8 Å². The molecular weight excluding hydrogens is 451 g/mol. The molecule has 34 heavy (non-hydrogen) atoms. The van der Waals surface area contributed by atoms with E-state index in [0.29, 0.717) is 42.7 Å². The van der Waals surface area contributed by atoms with Crippen molar-refractivity contribution in [2.45, 2.75) is 61.4 Å². The van der Waals surface area contributed by atoms with Crippen LogP contribution in [0.5, 0.6) is 0 Å². The lowest BCUT2D eigenvalue weighted by atomic mass is 9.85. The molecule has 0 aliphatic carbocycles. The summed E-state index contributed by atoms with van der Waals surface area (Å²) in [5.74, 6) is 0.535. The fourth-order valence-electron chi connectivity index (χ4n) is 5.31. The number of carbonyl (C=O) groups is 2. The lowest BCUT2D eigenvalue weighted by Crippen LogP contribution is -2.45. The van der Waals surface area contributed by atoms with Crippen molar-refractivity contribution in [1.82, 2.24) is 20.2 Å². The molecule has 0 spiro atoms. The zero-order chi connectivity index (χ0) is 23.7. The normalized spacial score (nSPS) is 22.5. The minimum absolute atomic E-state index is 0.0572. The summed E-state index contributed by atoms with van der Waals surface area (Å²) < 4.78 is 13.6. The quantitative estimate of drug-likeness (QED) is 0.478. The Hall–Kier alpha value is -2.87. The average Bonchev–Trinajstić information content (AvgIpc) is 3.56. The van der Waals surface area contributed by atoms with Crippen molar-refractivity contribution in [2.24, 2.45) is 0 Å². The van der Waals surface area contributed by atoms with Gasteiger partial charge < -0.3 is 15.2 Å². The number of hydrogen-bond donors (Lipinski definition) is 2. The van der Waals surface area contributed by atoms with Crippen molar-refractivity contribution in [3.8, 4) is 0 Å². The molecule has 2 aliphatic heterocycles. The van der Waals surface area contributed by atoms with Crippen LogP contribution in [0.3, 0.4) is 0 Å². The molecule has 2 N–H and O–H groups in total. The average molecular weight is 481 g/mol. The number of nitrogens with zero attached hydrogens (tertiary/aromatic N) is 2. The molecule has 0 saturated carbocycles. The molecule has 2 fully saturated rings. The third-order valence-electron chi connectivity index (χ3n) is 7.11. The van der Waals surface area contributed by atoms with E-state index in [0.717, 1.165) is 25.7 Å². The predicted octanol–water partition coefficient (Wildman–Crippen LogP) is 4.76. The van der Waals surface area contributed by atoms with Crippen LogP contribution in [-0.4, -0.2) is 45.0 Å². The molecule has 5 rings (SSSR count). The van der Waals surface area contributed by atoms with Crippen LogP contribution in [0, 0.1) is 5.82 Å². The van der Waals surface area contributed by atoms with Gasteiger partial charge in [0.25, 0.3) is 0 Å². The van der Waals surface area contributed by atoms with Crippen molar-refractivity contribution in [1.29, 1.82) is 0 Å². The van der Waals surface area contributed by atoms with E-state index in [9.17, 15) is 14.0 Å². The predicted molar refractivity (Wildman–Crippen MR) is 131 cm³/mol. The van der Waals surface area contributed by atoms with Crippen molar-refractivity contribution >= 4 is 34.6 Å². The van der Waals surface area contributed by atoms with Crippen LogP contribution >= 0.6 is 11.8 Å². The fourth-order valence-corrected chi connectivity index (χ4v) is 5.72. The van der Waals surface area contributed by atoms with Gasteiger partial charge in [-0.15, -0.1) is 11.8 Å². The molecule has 2 aliphatic rings. The third-order valence-corrected chi connectivity index (χ3v) is 7.85. The molecular formula is C26H29FN4O2S. The minimum atomic E-state index is -0.389. The van der Waals surface area contributed by atoms with Crippen LogP contribution in [0.25, 0.3) is 11.0 Å². The van der Waals surface area contributed by atoms with E-state index in [1.54, 1.807) is 17.8 Å². The number of rotatable bonds is 7. The fraction of sp³-hybridized carbons (Fsp3) is 0.423.